The average molecular weight is 222 g/mol. The molecule has 16 heavy (non-hydrogen) atoms. The highest BCUT2D eigenvalue weighted by Gasteiger charge is 2.40. The summed E-state index contributed by atoms with van der Waals surface area (Å²) >= 11 is 0. The van der Waals surface area contributed by atoms with Crippen LogP contribution in [0.4, 0.5) is 0 Å². The van der Waals surface area contributed by atoms with Gasteiger partial charge in [0.25, 0.3) is 0 Å². The molecule has 0 bridgehead atoms. The van der Waals surface area contributed by atoms with Crippen molar-refractivity contribution >= 4 is 11.8 Å². The fraction of sp³-hybridized carbons (Fsp3) is 0.667. The van der Waals surface area contributed by atoms with Crippen LogP contribution in [0.2, 0.25) is 0 Å². The number of rotatable bonds is 3. The first-order valence-corrected chi connectivity index (χ1v) is 5.83. The number of hydrogen-bond donors (Lipinski definition) is 0. The molecule has 4 nitrogen and oxygen atoms in total. The number of amides is 2. The van der Waals surface area contributed by atoms with Crippen LogP contribution in [0.1, 0.15) is 26.7 Å². The lowest BCUT2D eigenvalue weighted by molar-refractivity contribution is -0.156. The van der Waals surface area contributed by atoms with Crippen molar-refractivity contribution in [1.29, 1.82) is 0 Å². The van der Waals surface area contributed by atoms with Crippen LogP contribution in [0.3, 0.4) is 0 Å². The van der Waals surface area contributed by atoms with Gasteiger partial charge in [-0.3, -0.25) is 9.59 Å². The predicted octanol–water partition coefficient (Wildman–Crippen LogP) is 0.786. The molecule has 4 heteroatoms. The normalized spacial score (nSPS) is 21.4. The maximum atomic E-state index is 11.8. The third-order valence-corrected chi connectivity index (χ3v) is 3.05. The van der Waals surface area contributed by atoms with Crippen molar-refractivity contribution in [2.24, 2.45) is 0 Å². The molecule has 0 aromatic heterocycles. The van der Waals surface area contributed by atoms with Crippen LogP contribution in [0, 0.1) is 0 Å². The number of carbonyl (C=O) groups is 2. The number of piperazine rings is 1. The fourth-order valence-corrected chi connectivity index (χ4v) is 1.89. The van der Waals surface area contributed by atoms with E-state index in [4.69, 9.17) is 0 Å². The summed E-state index contributed by atoms with van der Waals surface area (Å²) in [6.07, 6.45) is 4.11. The molecular formula is C12H18N2O2. The molecule has 2 aliphatic rings. The Morgan fingerprint density at radius 1 is 1.25 bits per heavy atom. The van der Waals surface area contributed by atoms with E-state index in [-0.39, 0.29) is 11.8 Å². The predicted molar refractivity (Wildman–Crippen MR) is 60.7 cm³/mol. The lowest BCUT2D eigenvalue weighted by Gasteiger charge is -2.33. The molecule has 1 saturated carbocycles. The SMILES string of the molecule is CC(C)=CCN1CCN(C2CC2)C(=O)C1=O. The Balaban J connectivity index is 1.96. The van der Waals surface area contributed by atoms with Gasteiger partial charge in [-0.2, -0.15) is 0 Å². The zero-order chi connectivity index (χ0) is 11.7. The monoisotopic (exact) mass is 222 g/mol. The molecule has 2 amide bonds. The second kappa shape index (κ2) is 4.28. The van der Waals surface area contributed by atoms with E-state index in [1.54, 1.807) is 9.80 Å². The van der Waals surface area contributed by atoms with Crippen molar-refractivity contribution in [3.63, 3.8) is 0 Å². The first kappa shape index (κ1) is 11.2. The van der Waals surface area contributed by atoms with Gasteiger partial charge in [0, 0.05) is 25.7 Å². The Bertz CT molecular complexity index is 341. The molecule has 0 radical (unpaired) electrons. The molecule has 1 heterocycles. The fourth-order valence-electron chi connectivity index (χ4n) is 1.89. The Morgan fingerprint density at radius 2 is 1.94 bits per heavy atom. The Hall–Kier alpha value is -1.32. The van der Waals surface area contributed by atoms with Gasteiger partial charge in [0.15, 0.2) is 0 Å². The molecule has 0 atom stereocenters. The van der Waals surface area contributed by atoms with Crippen LogP contribution >= 0.6 is 0 Å². The van der Waals surface area contributed by atoms with Crippen LogP contribution in [0.5, 0.6) is 0 Å². The molecule has 88 valence electrons. The quantitative estimate of drug-likeness (QED) is 0.523. The molecule has 0 N–H and O–H groups in total. The van der Waals surface area contributed by atoms with Crippen molar-refractivity contribution in [2.75, 3.05) is 19.6 Å². The van der Waals surface area contributed by atoms with Crippen LogP contribution in [-0.4, -0.2) is 47.3 Å². The highest BCUT2D eigenvalue weighted by Crippen LogP contribution is 2.28. The number of carbonyl (C=O) groups excluding carboxylic acids is 2. The van der Waals surface area contributed by atoms with Crippen molar-refractivity contribution < 1.29 is 9.59 Å². The zero-order valence-electron chi connectivity index (χ0n) is 9.90. The van der Waals surface area contributed by atoms with Crippen LogP contribution in [-0.2, 0) is 9.59 Å². The molecule has 0 spiro atoms. The molecular weight excluding hydrogens is 204 g/mol. The first-order valence-electron chi connectivity index (χ1n) is 5.83. The molecule has 1 aliphatic heterocycles. The molecule has 1 saturated heterocycles. The third-order valence-electron chi connectivity index (χ3n) is 3.05. The highest BCUT2D eigenvalue weighted by atomic mass is 16.2. The second-order valence-electron chi connectivity index (χ2n) is 4.76. The van der Waals surface area contributed by atoms with E-state index in [1.165, 1.54) is 5.57 Å². The molecule has 0 aromatic carbocycles. The maximum Gasteiger partial charge on any atom is 0.312 e. The lowest BCUT2D eigenvalue weighted by atomic mass is 10.2. The van der Waals surface area contributed by atoms with Crippen molar-refractivity contribution in [1.82, 2.24) is 9.80 Å². The Morgan fingerprint density at radius 3 is 2.50 bits per heavy atom. The topological polar surface area (TPSA) is 40.6 Å². The maximum absolute atomic E-state index is 11.8. The largest absolute Gasteiger partial charge is 0.330 e. The van der Waals surface area contributed by atoms with Crippen molar-refractivity contribution in [3.05, 3.63) is 11.6 Å². The van der Waals surface area contributed by atoms with E-state index in [0.717, 1.165) is 12.8 Å². The molecule has 0 aromatic rings. The third kappa shape index (κ3) is 2.26. The van der Waals surface area contributed by atoms with E-state index >= 15 is 0 Å². The summed E-state index contributed by atoms with van der Waals surface area (Å²) in [6, 6.07) is 0.349. The average Bonchev–Trinajstić information content (AvgIpc) is 3.04. The van der Waals surface area contributed by atoms with Gasteiger partial charge in [-0.1, -0.05) is 11.6 Å². The van der Waals surface area contributed by atoms with Gasteiger partial charge in [0.1, 0.15) is 0 Å². The molecule has 0 unspecified atom stereocenters. The summed E-state index contributed by atoms with van der Waals surface area (Å²) in [6.45, 7) is 5.92. The van der Waals surface area contributed by atoms with Gasteiger partial charge in [0.05, 0.1) is 0 Å². The minimum Gasteiger partial charge on any atom is -0.330 e. The lowest BCUT2D eigenvalue weighted by Crippen LogP contribution is -2.54. The Labute approximate surface area is 95.9 Å². The summed E-state index contributed by atoms with van der Waals surface area (Å²) in [5.41, 5.74) is 1.17. The summed E-state index contributed by atoms with van der Waals surface area (Å²) in [5.74, 6) is -0.647. The molecule has 2 fully saturated rings. The summed E-state index contributed by atoms with van der Waals surface area (Å²) in [7, 11) is 0. The summed E-state index contributed by atoms with van der Waals surface area (Å²) in [4.78, 5) is 26.9. The van der Waals surface area contributed by atoms with Gasteiger partial charge in [-0.25, -0.2) is 0 Å². The van der Waals surface area contributed by atoms with Crippen LogP contribution < -0.4 is 0 Å². The van der Waals surface area contributed by atoms with Crippen LogP contribution in [0.25, 0.3) is 0 Å². The van der Waals surface area contributed by atoms with E-state index in [9.17, 15) is 9.59 Å². The van der Waals surface area contributed by atoms with Gasteiger partial charge in [-0.05, 0) is 26.7 Å². The minimum atomic E-state index is -0.337. The number of nitrogens with zero attached hydrogens (tertiary/aromatic N) is 2. The highest BCUT2D eigenvalue weighted by molar-refractivity contribution is 6.35. The van der Waals surface area contributed by atoms with E-state index < -0.39 is 0 Å². The number of allylic oxidation sites excluding steroid dienone is 1. The van der Waals surface area contributed by atoms with Gasteiger partial charge < -0.3 is 9.80 Å². The van der Waals surface area contributed by atoms with E-state index in [1.807, 2.05) is 19.9 Å². The standard InChI is InChI=1S/C12H18N2O2/c1-9(2)5-6-13-7-8-14(10-3-4-10)12(16)11(13)15/h5,10H,3-4,6-8H2,1-2H3. The second-order valence-corrected chi connectivity index (χ2v) is 4.76. The van der Waals surface area contributed by atoms with Crippen molar-refractivity contribution in [3.8, 4) is 0 Å². The van der Waals surface area contributed by atoms with E-state index in [2.05, 4.69) is 0 Å². The summed E-state index contributed by atoms with van der Waals surface area (Å²) < 4.78 is 0. The van der Waals surface area contributed by atoms with Gasteiger partial charge >= 0.3 is 11.8 Å². The summed E-state index contributed by atoms with van der Waals surface area (Å²) in [5, 5.41) is 0. The minimum absolute atomic E-state index is 0.309. The smallest absolute Gasteiger partial charge is 0.312 e. The Kier molecular flexibility index (Phi) is 2.99. The van der Waals surface area contributed by atoms with Gasteiger partial charge in [0.2, 0.25) is 0 Å². The van der Waals surface area contributed by atoms with E-state index in [0.29, 0.717) is 25.7 Å². The molecule has 1 aliphatic carbocycles. The molecule has 2 rings (SSSR count). The number of hydrogen-bond acceptors (Lipinski definition) is 2. The van der Waals surface area contributed by atoms with Gasteiger partial charge in [-0.15, -0.1) is 0 Å². The van der Waals surface area contributed by atoms with Crippen LogP contribution in [0.15, 0.2) is 11.6 Å². The first-order chi connectivity index (χ1) is 7.59. The van der Waals surface area contributed by atoms with Crippen molar-refractivity contribution in [2.45, 2.75) is 32.7 Å². The zero-order valence-corrected chi connectivity index (χ0v) is 9.90.